The van der Waals surface area contributed by atoms with Crippen LogP contribution < -0.4 is 9.47 Å². The molecule has 11 rings (SSSR count). The minimum atomic E-state index is -0.425. The first-order valence-corrected chi connectivity index (χ1v) is 24.4. The number of benzene rings is 9. The SMILES string of the molecule is CC(C)c1cccc(C(C)C)c1Oc1cc2c3c(ccc4c5c(Oc6c(C(C)C)cccc6C(C)C)cc6c7c(ccc(c1c34)c75)C(=O)N(Cc1ccccc1)C6=O)C(=O)N(Cc1ccccc1)C2=O. The van der Waals surface area contributed by atoms with E-state index in [0.717, 1.165) is 33.4 Å². The van der Waals surface area contributed by atoms with Crippen molar-refractivity contribution in [3.05, 3.63) is 189 Å². The average Bonchev–Trinajstić information content (AvgIpc) is 3.35. The number of fused-ring (bicyclic) bond motifs is 2. The van der Waals surface area contributed by atoms with E-state index in [1.165, 1.54) is 9.80 Å². The highest BCUT2D eigenvalue weighted by atomic mass is 16.5. The van der Waals surface area contributed by atoms with Gasteiger partial charge in [0.15, 0.2) is 0 Å². The van der Waals surface area contributed by atoms with Crippen molar-refractivity contribution < 1.29 is 28.7 Å². The van der Waals surface area contributed by atoms with E-state index >= 15 is 9.59 Å². The van der Waals surface area contributed by atoms with Crippen LogP contribution >= 0.6 is 0 Å². The summed E-state index contributed by atoms with van der Waals surface area (Å²) in [6, 6.07) is 42.6. The minimum absolute atomic E-state index is 0.0925. The highest BCUT2D eigenvalue weighted by Crippen LogP contribution is 2.54. The molecule has 0 bridgehead atoms. The van der Waals surface area contributed by atoms with Crippen LogP contribution in [-0.2, 0) is 13.1 Å². The van der Waals surface area contributed by atoms with Crippen LogP contribution in [0.3, 0.4) is 0 Å². The summed E-state index contributed by atoms with van der Waals surface area (Å²) in [5.41, 5.74) is 7.18. The Hall–Kier alpha value is -7.84. The lowest BCUT2D eigenvalue weighted by Crippen LogP contribution is -2.40. The number of para-hydroxylation sites is 2. The van der Waals surface area contributed by atoms with Crippen LogP contribution in [0.1, 0.15) is 154 Å². The second kappa shape index (κ2) is 17.0. The first-order valence-electron chi connectivity index (χ1n) is 24.4. The number of rotatable bonds is 12. The molecule has 9 aromatic carbocycles. The number of hydrogen-bond donors (Lipinski definition) is 0. The molecule has 0 radical (unpaired) electrons. The monoisotopic (exact) mass is 922 g/mol. The zero-order chi connectivity index (χ0) is 48.9. The summed E-state index contributed by atoms with van der Waals surface area (Å²) in [7, 11) is 0. The Balaban J connectivity index is 1.28. The van der Waals surface area contributed by atoms with Crippen LogP contribution in [0.15, 0.2) is 133 Å². The quantitative estimate of drug-likeness (QED) is 0.0688. The van der Waals surface area contributed by atoms with Crippen LogP contribution in [-0.4, -0.2) is 33.4 Å². The first-order chi connectivity index (χ1) is 33.7. The van der Waals surface area contributed by atoms with Crippen LogP contribution in [0, 0.1) is 0 Å². The number of ether oxygens (including phenoxy) is 2. The summed E-state index contributed by atoms with van der Waals surface area (Å²) in [4.78, 5) is 62.7. The largest absolute Gasteiger partial charge is 0.456 e. The molecule has 9 aromatic rings. The maximum absolute atomic E-state index is 15.2. The summed E-state index contributed by atoms with van der Waals surface area (Å²) in [6.45, 7) is 17.3. The van der Waals surface area contributed by atoms with Gasteiger partial charge in [-0.1, -0.05) is 165 Å². The maximum atomic E-state index is 15.2. The first kappa shape index (κ1) is 44.7. The Morgan fingerprint density at radius 2 is 0.686 bits per heavy atom. The fourth-order valence-corrected chi connectivity index (χ4v) is 10.9. The molecule has 0 N–H and O–H groups in total. The van der Waals surface area contributed by atoms with Gasteiger partial charge in [-0.2, -0.15) is 0 Å². The van der Waals surface area contributed by atoms with Crippen molar-refractivity contribution in [3.8, 4) is 23.0 Å². The summed E-state index contributed by atoms with van der Waals surface area (Å²) in [5.74, 6) is 1.02. The lowest BCUT2D eigenvalue weighted by atomic mass is 9.81. The van der Waals surface area contributed by atoms with E-state index in [-0.39, 0.29) is 36.8 Å². The Morgan fingerprint density at radius 3 is 1.01 bits per heavy atom. The van der Waals surface area contributed by atoms with Gasteiger partial charge >= 0.3 is 0 Å². The number of imide groups is 2. The van der Waals surface area contributed by atoms with Gasteiger partial charge in [0.05, 0.1) is 24.2 Å². The van der Waals surface area contributed by atoms with E-state index in [9.17, 15) is 9.59 Å². The minimum Gasteiger partial charge on any atom is -0.456 e. The van der Waals surface area contributed by atoms with Gasteiger partial charge in [0.25, 0.3) is 23.6 Å². The van der Waals surface area contributed by atoms with Crippen molar-refractivity contribution in [2.75, 3.05) is 0 Å². The molecule has 70 heavy (non-hydrogen) atoms. The van der Waals surface area contributed by atoms with Gasteiger partial charge in [-0.25, -0.2) is 0 Å². The zero-order valence-electron chi connectivity index (χ0n) is 40.8. The van der Waals surface area contributed by atoms with Crippen molar-refractivity contribution >= 4 is 66.7 Å². The Kier molecular flexibility index (Phi) is 10.8. The Morgan fingerprint density at radius 1 is 0.357 bits per heavy atom. The van der Waals surface area contributed by atoms with Gasteiger partial charge < -0.3 is 9.47 Å². The van der Waals surface area contributed by atoms with Crippen molar-refractivity contribution in [1.29, 1.82) is 0 Å². The molecule has 0 saturated carbocycles. The summed E-state index contributed by atoms with van der Waals surface area (Å²) in [5, 5.41) is 5.11. The van der Waals surface area contributed by atoms with Crippen molar-refractivity contribution in [2.24, 2.45) is 0 Å². The van der Waals surface area contributed by atoms with Gasteiger partial charge in [-0.3, -0.25) is 29.0 Å². The number of carbonyl (C=O) groups excluding carboxylic acids is 4. The molecule has 0 unspecified atom stereocenters. The Labute approximate surface area is 407 Å². The topological polar surface area (TPSA) is 93.2 Å². The van der Waals surface area contributed by atoms with Gasteiger partial charge in [-0.15, -0.1) is 0 Å². The third kappa shape index (κ3) is 6.94. The highest BCUT2D eigenvalue weighted by molar-refractivity contribution is 6.43. The number of carbonyl (C=O) groups is 4. The zero-order valence-corrected chi connectivity index (χ0v) is 40.8. The standard InChI is InChI=1S/C62H54N2O6/c1-33(2)39-21-15-22-40(34(3)4)57(39)69-49-29-47-51-45(59(65)63(61(47)67)31-37-17-11-9-12-18-37)28-26-44-54-50(70-58-41(35(5)6)23-16-24-42(58)36(7)8)30-48-52-46(27-25-43(56(52)54)53(49)55(44)51)60(66)64(62(48)68)32-38-19-13-10-14-20-38/h9-30,33-36H,31-32H2,1-8H3. The van der Waals surface area contributed by atoms with E-state index in [1.54, 1.807) is 0 Å². The molecule has 0 aliphatic carbocycles. The van der Waals surface area contributed by atoms with Crippen molar-refractivity contribution in [3.63, 3.8) is 0 Å². The smallest absolute Gasteiger partial charge is 0.261 e. The van der Waals surface area contributed by atoms with Crippen molar-refractivity contribution in [1.82, 2.24) is 9.80 Å². The number of hydrogen-bond acceptors (Lipinski definition) is 6. The molecule has 8 heteroatoms. The van der Waals surface area contributed by atoms with Crippen LogP contribution in [0.2, 0.25) is 0 Å². The normalized spacial score (nSPS) is 13.8. The molecule has 0 fully saturated rings. The molecule has 2 heterocycles. The molecule has 0 atom stereocenters. The molecule has 4 amide bonds. The molecule has 348 valence electrons. The molecular formula is C62H54N2O6. The van der Waals surface area contributed by atoms with E-state index < -0.39 is 23.6 Å². The fourth-order valence-electron chi connectivity index (χ4n) is 10.9. The summed E-state index contributed by atoms with van der Waals surface area (Å²) < 4.78 is 14.7. The predicted octanol–water partition coefficient (Wildman–Crippen LogP) is 15.4. The lowest BCUT2D eigenvalue weighted by molar-refractivity contribution is 0.0583. The highest BCUT2D eigenvalue weighted by Gasteiger charge is 2.40. The summed E-state index contributed by atoms with van der Waals surface area (Å²) in [6.07, 6.45) is 0. The van der Waals surface area contributed by atoms with E-state index in [4.69, 9.17) is 9.47 Å². The molecule has 2 aliphatic heterocycles. The molecule has 8 nitrogen and oxygen atoms in total. The van der Waals surface area contributed by atoms with Crippen LogP contribution in [0.25, 0.3) is 43.1 Å². The van der Waals surface area contributed by atoms with Crippen molar-refractivity contribution in [2.45, 2.75) is 92.2 Å². The van der Waals surface area contributed by atoms with E-state index in [2.05, 4.69) is 91.8 Å². The third-order valence-electron chi connectivity index (χ3n) is 14.4. The molecule has 2 aliphatic rings. The van der Waals surface area contributed by atoms with Crippen LogP contribution in [0.4, 0.5) is 0 Å². The summed E-state index contributed by atoms with van der Waals surface area (Å²) >= 11 is 0. The molecule has 0 saturated heterocycles. The molecule has 0 spiro atoms. The predicted molar refractivity (Wildman–Crippen MR) is 278 cm³/mol. The third-order valence-corrected chi connectivity index (χ3v) is 14.4. The average molecular weight is 923 g/mol. The van der Waals surface area contributed by atoms with Gasteiger partial charge in [-0.05, 0) is 92.1 Å². The molecular weight excluding hydrogens is 869 g/mol. The lowest BCUT2D eigenvalue weighted by Gasteiger charge is -2.32. The Bertz CT molecular complexity index is 3350. The van der Waals surface area contributed by atoms with Crippen LogP contribution in [0.5, 0.6) is 23.0 Å². The second-order valence-corrected chi connectivity index (χ2v) is 20.1. The number of nitrogens with zero attached hydrogens (tertiary/aromatic N) is 2. The maximum Gasteiger partial charge on any atom is 0.261 e. The van der Waals surface area contributed by atoms with Gasteiger partial charge in [0, 0.05) is 43.4 Å². The number of amides is 4. The molecule has 0 aromatic heterocycles. The van der Waals surface area contributed by atoms with Gasteiger partial charge in [0.2, 0.25) is 0 Å². The fraction of sp³-hybridized carbons (Fsp3) is 0.226. The van der Waals surface area contributed by atoms with Gasteiger partial charge in [0.1, 0.15) is 23.0 Å². The van der Waals surface area contributed by atoms with E-state index in [1.807, 2.05) is 97.1 Å². The second-order valence-electron chi connectivity index (χ2n) is 20.1. The van der Waals surface area contributed by atoms with E-state index in [0.29, 0.717) is 88.3 Å².